The molecule has 1 N–H and O–H groups in total. The normalized spacial score (nSPS) is 10.9. The number of benzene rings is 2. The molecule has 0 aliphatic heterocycles. The van der Waals surface area contributed by atoms with Crippen molar-refractivity contribution in [2.24, 2.45) is 0 Å². The highest BCUT2D eigenvalue weighted by atomic mass is 35.5. The van der Waals surface area contributed by atoms with Gasteiger partial charge < -0.3 is 19.2 Å². The lowest BCUT2D eigenvalue weighted by Gasteiger charge is -2.10. The average molecular weight is 429 g/mol. The monoisotopic (exact) mass is 428 g/mol. The number of fused-ring (bicyclic) bond motifs is 1. The molecular formula is C21H17ClN2O4S. The topological polar surface area (TPSA) is 73.4 Å². The first-order valence-corrected chi connectivity index (χ1v) is 9.97. The Hall–Kier alpha value is -3.03. The van der Waals surface area contributed by atoms with Crippen molar-refractivity contribution in [3.8, 4) is 22.1 Å². The number of aromatic nitrogens is 2. The molecule has 0 saturated heterocycles. The van der Waals surface area contributed by atoms with Gasteiger partial charge in [0.1, 0.15) is 17.3 Å². The molecule has 0 radical (unpaired) electrons. The van der Waals surface area contributed by atoms with E-state index in [1.807, 2.05) is 47.8 Å². The number of thiazole rings is 1. The van der Waals surface area contributed by atoms with Crippen LogP contribution in [0.25, 0.3) is 21.5 Å². The van der Waals surface area contributed by atoms with E-state index in [9.17, 15) is 4.79 Å². The van der Waals surface area contributed by atoms with Crippen LogP contribution in [0.3, 0.4) is 0 Å². The van der Waals surface area contributed by atoms with E-state index < -0.39 is 5.97 Å². The second-order valence-corrected chi connectivity index (χ2v) is 7.36. The lowest BCUT2D eigenvalue weighted by atomic mass is 10.2. The Labute approximate surface area is 176 Å². The highest BCUT2D eigenvalue weighted by molar-refractivity contribution is 7.13. The molecule has 0 unspecified atom stereocenters. The summed E-state index contributed by atoms with van der Waals surface area (Å²) >= 11 is 7.74. The Morgan fingerprint density at radius 2 is 1.97 bits per heavy atom. The number of halogens is 1. The molecule has 0 aliphatic carbocycles. The summed E-state index contributed by atoms with van der Waals surface area (Å²) in [6, 6.07) is 13.0. The van der Waals surface area contributed by atoms with Crippen molar-refractivity contribution in [2.75, 3.05) is 14.2 Å². The Balaban J connectivity index is 1.51. The molecule has 4 aromatic rings. The number of carbonyl (C=O) groups excluding carboxylic acids is 1. The zero-order chi connectivity index (χ0) is 20.4. The molecule has 148 valence electrons. The van der Waals surface area contributed by atoms with E-state index in [4.69, 9.17) is 25.8 Å². The third kappa shape index (κ3) is 3.66. The SMILES string of the molecule is COc1cccc(-c2nc(COC(=O)c3[nH]c4ccccc4c3Cl)cs2)c1OC. The summed E-state index contributed by atoms with van der Waals surface area (Å²) in [7, 11) is 3.17. The molecule has 8 heteroatoms. The first-order valence-electron chi connectivity index (χ1n) is 8.71. The molecule has 2 aromatic carbocycles. The van der Waals surface area contributed by atoms with Crippen LogP contribution in [0.2, 0.25) is 5.02 Å². The summed E-state index contributed by atoms with van der Waals surface area (Å²) in [6.07, 6.45) is 0. The smallest absolute Gasteiger partial charge is 0.356 e. The van der Waals surface area contributed by atoms with Crippen LogP contribution in [-0.4, -0.2) is 30.2 Å². The van der Waals surface area contributed by atoms with E-state index in [-0.39, 0.29) is 12.3 Å². The summed E-state index contributed by atoms with van der Waals surface area (Å²) in [5, 5.41) is 3.72. The highest BCUT2D eigenvalue weighted by Gasteiger charge is 2.19. The minimum absolute atomic E-state index is 0.0350. The number of nitrogens with one attached hydrogen (secondary N) is 1. The third-order valence-electron chi connectivity index (χ3n) is 4.38. The van der Waals surface area contributed by atoms with E-state index in [1.165, 1.54) is 11.3 Å². The van der Waals surface area contributed by atoms with Gasteiger partial charge in [-0.2, -0.15) is 0 Å². The number of carbonyl (C=O) groups is 1. The van der Waals surface area contributed by atoms with Crippen molar-refractivity contribution in [2.45, 2.75) is 6.61 Å². The number of aromatic amines is 1. The minimum atomic E-state index is -0.528. The number of para-hydroxylation sites is 2. The van der Waals surface area contributed by atoms with E-state index >= 15 is 0 Å². The van der Waals surface area contributed by atoms with E-state index in [2.05, 4.69) is 9.97 Å². The zero-order valence-corrected chi connectivity index (χ0v) is 17.3. The van der Waals surface area contributed by atoms with Crippen LogP contribution in [0.4, 0.5) is 0 Å². The van der Waals surface area contributed by atoms with Crippen LogP contribution >= 0.6 is 22.9 Å². The average Bonchev–Trinajstić information content (AvgIpc) is 3.36. The number of hydrogen-bond acceptors (Lipinski definition) is 6. The third-order valence-corrected chi connectivity index (χ3v) is 5.70. The Kier molecular flexibility index (Phi) is 5.42. The predicted molar refractivity (Wildman–Crippen MR) is 113 cm³/mol. The van der Waals surface area contributed by atoms with Gasteiger partial charge in [-0.25, -0.2) is 9.78 Å². The Bertz CT molecular complexity index is 1180. The number of ether oxygens (including phenoxy) is 3. The minimum Gasteiger partial charge on any atom is -0.493 e. The highest BCUT2D eigenvalue weighted by Crippen LogP contribution is 2.39. The van der Waals surface area contributed by atoms with E-state index in [1.54, 1.807) is 14.2 Å². The van der Waals surface area contributed by atoms with Crippen molar-refractivity contribution >= 4 is 39.8 Å². The molecule has 0 fully saturated rings. The van der Waals surface area contributed by atoms with Gasteiger partial charge in [0.25, 0.3) is 0 Å². The molecule has 0 aliphatic rings. The van der Waals surface area contributed by atoms with Gasteiger partial charge >= 0.3 is 5.97 Å². The fourth-order valence-electron chi connectivity index (χ4n) is 3.01. The standard InChI is InChI=1S/C21H17ClN2O4S/c1-26-16-9-5-7-14(19(16)27-2)20-23-12(11-29-20)10-28-21(25)18-17(22)13-6-3-4-8-15(13)24-18/h3-9,11,24H,10H2,1-2H3. The van der Waals surface area contributed by atoms with Crippen molar-refractivity contribution in [3.05, 3.63) is 64.3 Å². The molecule has 2 aromatic heterocycles. The van der Waals surface area contributed by atoms with Crippen molar-refractivity contribution in [1.29, 1.82) is 0 Å². The molecule has 6 nitrogen and oxygen atoms in total. The summed E-state index contributed by atoms with van der Waals surface area (Å²) in [5.41, 5.74) is 2.46. The van der Waals surface area contributed by atoms with E-state index in [0.717, 1.165) is 21.5 Å². The number of nitrogens with zero attached hydrogens (tertiary/aromatic N) is 1. The van der Waals surface area contributed by atoms with Crippen molar-refractivity contribution < 1.29 is 19.0 Å². The van der Waals surface area contributed by atoms with Crippen molar-refractivity contribution in [3.63, 3.8) is 0 Å². The van der Waals surface area contributed by atoms with Gasteiger partial charge in [-0.3, -0.25) is 0 Å². The van der Waals surface area contributed by atoms with Crippen LogP contribution in [0, 0.1) is 0 Å². The predicted octanol–water partition coefficient (Wildman–Crippen LogP) is 5.32. The van der Waals surface area contributed by atoms with Gasteiger partial charge in [0.15, 0.2) is 11.5 Å². The van der Waals surface area contributed by atoms with Crippen LogP contribution in [0.5, 0.6) is 11.5 Å². The second-order valence-electron chi connectivity index (χ2n) is 6.12. The quantitative estimate of drug-likeness (QED) is 0.421. The lowest BCUT2D eigenvalue weighted by Crippen LogP contribution is -2.06. The van der Waals surface area contributed by atoms with Gasteiger partial charge in [-0.1, -0.05) is 35.9 Å². The van der Waals surface area contributed by atoms with Gasteiger partial charge in [-0.15, -0.1) is 11.3 Å². The first kappa shape index (κ1) is 19.3. The van der Waals surface area contributed by atoms with Gasteiger partial charge in [0.2, 0.25) is 0 Å². The van der Waals surface area contributed by atoms with Gasteiger partial charge in [-0.05, 0) is 18.2 Å². The second kappa shape index (κ2) is 8.14. The Morgan fingerprint density at radius 1 is 1.14 bits per heavy atom. The molecule has 2 heterocycles. The summed E-state index contributed by atoms with van der Waals surface area (Å²) in [4.78, 5) is 20.0. The molecule has 0 atom stereocenters. The van der Waals surface area contributed by atoms with Crippen LogP contribution in [0.15, 0.2) is 47.8 Å². The number of rotatable bonds is 6. The maximum atomic E-state index is 12.5. The molecule has 0 amide bonds. The molecule has 4 rings (SSSR count). The molecule has 0 saturated carbocycles. The van der Waals surface area contributed by atoms with Crippen LogP contribution in [-0.2, 0) is 11.3 Å². The first-order chi connectivity index (χ1) is 14.1. The molecule has 0 spiro atoms. The van der Waals surface area contributed by atoms with Gasteiger partial charge in [0.05, 0.1) is 30.5 Å². The number of hydrogen-bond donors (Lipinski definition) is 1. The number of H-pyrrole nitrogens is 1. The fraction of sp³-hybridized carbons (Fsp3) is 0.143. The number of esters is 1. The van der Waals surface area contributed by atoms with Gasteiger partial charge in [0, 0.05) is 16.3 Å². The van der Waals surface area contributed by atoms with Crippen molar-refractivity contribution in [1.82, 2.24) is 9.97 Å². The number of methoxy groups -OCH3 is 2. The maximum Gasteiger partial charge on any atom is 0.356 e. The molecule has 29 heavy (non-hydrogen) atoms. The summed E-state index contributed by atoms with van der Waals surface area (Å²) < 4.78 is 16.2. The maximum absolute atomic E-state index is 12.5. The fourth-order valence-corrected chi connectivity index (χ4v) is 4.13. The van der Waals surface area contributed by atoms with Crippen LogP contribution in [0.1, 0.15) is 16.2 Å². The Morgan fingerprint density at radius 3 is 2.72 bits per heavy atom. The lowest BCUT2D eigenvalue weighted by molar-refractivity contribution is 0.0463. The summed E-state index contributed by atoms with van der Waals surface area (Å²) in [5.74, 6) is 0.707. The molecule has 0 bridgehead atoms. The zero-order valence-electron chi connectivity index (χ0n) is 15.7. The van der Waals surface area contributed by atoms with E-state index in [0.29, 0.717) is 22.2 Å². The van der Waals surface area contributed by atoms with Crippen LogP contribution < -0.4 is 9.47 Å². The summed E-state index contributed by atoms with van der Waals surface area (Å²) in [6.45, 7) is 0.0350. The molecular weight excluding hydrogens is 412 g/mol. The largest absolute Gasteiger partial charge is 0.493 e.